The molecule has 1 amide bonds. The zero-order valence-electron chi connectivity index (χ0n) is 14.6. The molecule has 0 aliphatic rings. The van der Waals surface area contributed by atoms with Gasteiger partial charge in [-0.05, 0) is 23.8 Å². The van der Waals surface area contributed by atoms with Gasteiger partial charge in [-0.2, -0.15) is 0 Å². The number of rotatable bonds is 8. The van der Waals surface area contributed by atoms with E-state index in [4.69, 9.17) is 16.3 Å². The molecular formula is C18H20ClN3O4. The normalized spacial score (nSPS) is 10.4. The summed E-state index contributed by atoms with van der Waals surface area (Å²) >= 11 is 6.12. The Morgan fingerprint density at radius 2 is 2.04 bits per heavy atom. The molecule has 26 heavy (non-hydrogen) atoms. The Bertz CT molecular complexity index is 798. The summed E-state index contributed by atoms with van der Waals surface area (Å²) in [5.41, 5.74) is 1.23. The number of amides is 1. The molecule has 138 valence electrons. The highest BCUT2D eigenvalue weighted by Crippen LogP contribution is 2.26. The average molecular weight is 378 g/mol. The van der Waals surface area contributed by atoms with Crippen LogP contribution in [0.5, 0.6) is 0 Å². The van der Waals surface area contributed by atoms with Gasteiger partial charge >= 0.3 is 0 Å². The standard InChI is InChI=1S/C18H20ClN3O4/c1-21(12-14-5-3-4-6-15(14)19)18(23)13-7-8-16(20-9-10-26-2)17(11-13)22(24)25/h3-8,11,20H,9-10,12H2,1-2H3. The number of nitro groups is 1. The van der Waals surface area contributed by atoms with E-state index in [1.807, 2.05) is 18.2 Å². The minimum absolute atomic E-state index is 0.155. The quantitative estimate of drug-likeness (QED) is 0.432. The second kappa shape index (κ2) is 9.17. The Morgan fingerprint density at radius 3 is 2.69 bits per heavy atom. The van der Waals surface area contributed by atoms with Crippen LogP contribution in [0.4, 0.5) is 11.4 Å². The van der Waals surface area contributed by atoms with E-state index in [0.717, 1.165) is 5.56 Å². The number of nitro benzene ring substituents is 1. The second-order valence-electron chi connectivity index (χ2n) is 5.66. The maximum Gasteiger partial charge on any atom is 0.293 e. The smallest absolute Gasteiger partial charge is 0.293 e. The van der Waals surface area contributed by atoms with E-state index in [0.29, 0.717) is 30.4 Å². The molecule has 0 saturated carbocycles. The van der Waals surface area contributed by atoms with Crippen molar-refractivity contribution >= 4 is 28.9 Å². The molecule has 2 aromatic carbocycles. The molecule has 0 bridgehead atoms. The fourth-order valence-electron chi connectivity index (χ4n) is 2.43. The minimum atomic E-state index is -0.514. The number of anilines is 1. The van der Waals surface area contributed by atoms with Crippen LogP contribution in [0, 0.1) is 10.1 Å². The van der Waals surface area contributed by atoms with Gasteiger partial charge in [0, 0.05) is 43.9 Å². The zero-order valence-corrected chi connectivity index (χ0v) is 15.3. The molecule has 0 fully saturated rings. The first-order valence-electron chi connectivity index (χ1n) is 7.94. The third-order valence-corrected chi connectivity index (χ3v) is 4.14. The number of halogens is 1. The topological polar surface area (TPSA) is 84.7 Å². The monoisotopic (exact) mass is 377 g/mol. The highest BCUT2D eigenvalue weighted by Gasteiger charge is 2.20. The Hall–Kier alpha value is -2.64. The Balaban J connectivity index is 2.18. The van der Waals surface area contributed by atoms with Gasteiger partial charge in [-0.25, -0.2) is 0 Å². The van der Waals surface area contributed by atoms with Gasteiger partial charge in [-0.15, -0.1) is 0 Å². The number of nitrogens with one attached hydrogen (secondary N) is 1. The van der Waals surface area contributed by atoms with E-state index < -0.39 is 4.92 Å². The molecule has 0 aromatic heterocycles. The number of benzene rings is 2. The van der Waals surface area contributed by atoms with Crippen LogP contribution in [0.2, 0.25) is 5.02 Å². The van der Waals surface area contributed by atoms with Gasteiger partial charge in [0.2, 0.25) is 0 Å². The van der Waals surface area contributed by atoms with Crippen molar-refractivity contribution in [1.82, 2.24) is 4.90 Å². The van der Waals surface area contributed by atoms with Gasteiger partial charge in [0.05, 0.1) is 11.5 Å². The molecule has 2 rings (SSSR count). The van der Waals surface area contributed by atoms with Crippen molar-refractivity contribution < 1.29 is 14.5 Å². The van der Waals surface area contributed by atoms with E-state index in [1.54, 1.807) is 26.3 Å². The van der Waals surface area contributed by atoms with Crippen molar-refractivity contribution in [2.75, 3.05) is 32.6 Å². The molecule has 0 aliphatic heterocycles. The fourth-order valence-corrected chi connectivity index (χ4v) is 2.62. The first-order valence-corrected chi connectivity index (χ1v) is 8.32. The predicted octanol–water partition coefficient (Wildman–Crippen LogP) is 3.58. The molecule has 2 aromatic rings. The van der Waals surface area contributed by atoms with E-state index in [2.05, 4.69) is 5.32 Å². The number of carbonyl (C=O) groups excluding carboxylic acids is 1. The molecule has 0 spiro atoms. The molecule has 0 saturated heterocycles. The SMILES string of the molecule is COCCNc1ccc(C(=O)N(C)Cc2ccccc2Cl)cc1[N+](=O)[O-]. The Kier molecular flexibility index (Phi) is 6.94. The van der Waals surface area contributed by atoms with Crippen molar-refractivity contribution in [3.8, 4) is 0 Å². The average Bonchev–Trinajstić information content (AvgIpc) is 2.63. The third kappa shape index (κ3) is 4.93. The molecule has 0 unspecified atom stereocenters. The van der Waals surface area contributed by atoms with Crippen LogP contribution in [0.3, 0.4) is 0 Å². The van der Waals surface area contributed by atoms with Crippen molar-refractivity contribution in [1.29, 1.82) is 0 Å². The maximum atomic E-state index is 12.6. The number of hydrogen-bond donors (Lipinski definition) is 1. The number of hydrogen-bond acceptors (Lipinski definition) is 5. The molecule has 0 aliphatic carbocycles. The van der Waals surface area contributed by atoms with Gasteiger partial charge in [0.15, 0.2) is 0 Å². The summed E-state index contributed by atoms with van der Waals surface area (Å²) in [5, 5.41) is 14.8. The number of carbonyl (C=O) groups is 1. The number of nitrogens with zero attached hydrogens (tertiary/aromatic N) is 2. The van der Waals surface area contributed by atoms with Gasteiger partial charge in [-0.1, -0.05) is 29.8 Å². The van der Waals surface area contributed by atoms with Gasteiger partial charge in [0.25, 0.3) is 11.6 Å². The zero-order chi connectivity index (χ0) is 19.1. The third-order valence-electron chi connectivity index (χ3n) is 3.78. The summed E-state index contributed by atoms with van der Waals surface area (Å²) < 4.78 is 4.92. The first-order chi connectivity index (χ1) is 12.4. The van der Waals surface area contributed by atoms with Crippen LogP contribution in [-0.2, 0) is 11.3 Å². The first kappa shape index (κ1) is 19.7. The molecular weight excluding hydrogens is 358 g/mol. The largest absolute Gasteiger partial charge is 0.383 e. The maximum absolute atomic E-state index is 12.6. The van der Waals surface area contributed by atoms with Gasteiger partial charge < -0.3 is 15.0 Å². The lowest BCUT2D eigenvalue weighted by atomic mass is 10.1. The molecule has 0 radical (unpaired) electrons. The Morgan fingerprint density at radius 1 is 1.31 bits per heavy atom. The number of methoxy groups -OCH3 is 1. The lowest BCUT2D eigenvalue weighted by molar-refractivity contribution is -0.384. The number of ether oxygens (including phenoxy) is 1. The molecule has 7 nitrogen and oxygen atoms in total. The highest BCUT2D eigenvalue weighted by atomic mass is 35.5. The van der Waals surface area contributed by atoms with Crippen LogP contribution < -0.4 is 5.32 Å². The molecule has 0 heterocycles. The van der Waals surface area contributed by atoms with E-state index in [-0.39, 0.29) is 17.2 Å². The molecule has 8 heteroatoms. The van der Waals surface area contributed by atoms with Crippen LogP contribution in [0.25, 0.3) is 0 Å². The minimum Gasteiger partial charge on any atom is -0.383 e. The van der Waals surface area contributed by atoms with Crippen LogP contribution >= 0.6 is 11.6 Å². The molecule has 1 N–H and O–H groups in total. The van der Waals surface area contributed by atoms with Crippen molar-refractivity contribution in [2.24, 2.45) is 0 Å². The van der Waals surface area contributed by atoms with Gasteiger partial charge in [0.1, 0.15) is 5.69 Å². The van der Waals surface area contributed by atoms with Crippen LogP contribution in [0.15, 0.2) is 42.5 Å². The van der Waals surface area contributed by atoms with E-state index in [9.17, 15) is 14.9 Å². The summed E-state index contributed by atoms with van der Waals surface area (Å²) in [4.78, 5) is 24.9. The van der Waals surface area contributed by atoms with Crippen LogP contribution in [0.1, 0.15) is 15.9 Å². The fraction of sp³-hybridized carbons (Fsp3) is 0.278. The summed E-state index contributed by atoms with van der Waals surface area (Å²) in [5.74, 6) is -0.323. The highest BCUT2D eigenvalue weighted by molar-refractivity contribution is 6.31. The Labute approximate surface area is 156 Å². The predicted molar refractivity (Wildman–Crippen MR) is 101 cm³/mol. The molecule has 0 atom stereocenters. The lowest BCUT2D eigenvalue weighted by Gasteiger charge is -2.18. The second-order valence-corrected chi connectivity index (χ2v) is 6.07. The van der Waals surface area contributed by atoms with Crippen molar-refractivity contribution in [2.45, 2.75) is 6.54 Å². The van der Waals surface area contributed by atoms with Crippen LogP contribution in [-0.4, -0.2) is 43.0 Å². The van der Waals surface area contributed by atoms with E-state index in [1.165, 1.54) is 17.0 Å². The van der Waals surface area contributed by atoms with E-state index >= 15 is 0 Å². The summed E-state index contributed by atoms with van der Waals surface area (Å²) in [6, 6.07) is 11.6. The summed E-state index contributed by atoms with van der Waals surface area (Å²) in [6.45, 7) is 1.15. The van der Waals surface area contributed by atoms with Crippen molar-refractivity contribution in [3.05, 3.63) is 68.7 Å². The lowest BCUT2D eigenvalue weighted by Crippen LogP contribution is -2.26. The van der Waals surface area contributed by atoms with Gasteiger partial charge in [-0.3, -0.25) is 14.9 Å². The summed E-state index contributed by atoms with van der Waals surface area (Å²) in [6.07, 6.45) is 0. The van der Waals surface area contributed by atoms with Crippen molar-refractivity contribution in [3.63, 3.8) is 0 Å². The summed E-state index contributed by atoms with van der Waals surface area (Å²) in [7, 11) is 3.18.